The van der Waals surface area contributed by atoms with Crippen molar-refractivity contribution in [2.75, 3.05) is 0 Å². The summed E-state index contributed by atoms with van der Waals surface area (Å²) >= 11 is 0. The van der Waals surface area contributed by atoms with Gasteiger partial charge >= 0.3 is 0 Å². The van der Waals surface area contributed by atoms with Gasteiger partial charge < -0.3 is 4.74 Å². The first-order valence-corrected chi connectivity index (χ1v) is 7.31. The monoisotopic (exact) mass is 335 g/mol. The SMILES string of the molecule is [2H]c1nc(CC(=O)c2cc(Oc3cccnc3)cn3ncnc23)c([2H])c([2H])c1[2H]. The van der Waals surface area contributed by atoms with Crippen LogP contribution in [0.5, 0.6) is 11.5 Å². The van der Waals surface area contributed by atoms with E-state index in [4.69, 9.17) is 10.2 Å². The number of fused-ring (bicyclic) bond motifs is 1. The molecule has 122 valence electrons. The number of ketones is 1. The van der Waals surface area contributed by atoms with E-state index in [9.17, 15) is 4.79 Å². The van der Waals surface area contributed by atoms with Crippen LogP contribution in [-0.2, 0) is 6.42 Å². The lowest BCUT2D eigenvalue weighted by Gasteiger charge is -2.08. The molecule has 0 amide bonds. The van der Waals surface area contributed by atoms with Crippen molar-refractivity contribution in [2.24, 2.45) is 0 Å². The Bertz CT molecular complexity index is 1230. The van der Waals surface area contributed by atoms with Crippen LogP contribution in [0.15, 0.2) is 67.4 Å². The molecule has 0 radical (unpaired) electrons. The Hall–Kier alpha value is -3.61. The molecule has 0 aliphatic carbocycles. The maximum atomic E-state index is 12.9. The van der Waals surface area contributed by atoms with Crippen molar-refractivity contribution in [3.8, 4) is 11.5 Å². The summed E-state index contributed by atoms with van der Waals surface area (Å²) in [5, 5.41) is 4.05. The third-order valence-electron chi connectivity index (χ3n) is 3.36. The van der Waals surface area contributed by atoms with Gasteiger partial charge in [-0.05, 0) is 30.3 Å². The van der Waals surface area contributed by atoms with E-state index in [-0.39, 0.29) is 23.7 Å². The zero-order valence-corrected chi connectivity index (χ0v) is 12.8. The Morgan fingerprint density at radius 2 is 2.24 bits per heavy atom. The summed E-state index contributed by atoms with van der Waals surface area (Å²) in [5.74, 6) is 0.378. The van der Waals surface area contributed by atoms with Crippen molar-refractivity contribution in [1.82, 2.24) is 24.6 Å². The lowest BCUT2D eigenvalue weighted by molar-refractivity contribution is 0.0992. The zero-order valence-electron chi connectivity index (χ0n) is 16.8. The number of ether oxygens (including phenoxy) is 1. The van der Waals surface area contributed by atoms with Gasteiger partial charge in [0, 0.05) is 18.1 Å². The number of pyridine rings is 3. The Kier molecular flexibility index (Phi) is 2.86. The second-order valence-electron chi connectivity index (χ2n) is 5.05. The molecule has 4 aromatic heterocycles. The van der Waals surface area contributed by atoms with Gasteiger partial charge in [-0.3, -0.25) is 14.8 Å². The molecule has 7 nitrogen and oxygen atoms in total. The average molecular weight is 335 g/mol. The van der Waals surface area contributed by atoms with E-state index in [1.807, 2.05) is 0 Å². The van der Waals surface area contributed by atoms with Gasteiger partial charge in [-0.1, -0.05) is 6.04 Å². The van der Waals surface area contributed by atoms with Crippen molar-refractivity contribution in [3.63, 3.8) is 0 Å². The minimum atomic E-state index is -0.449. The van der Waals surface area contributed by atoms with Crippen molar-refractivity contribution in [1.29, 1.82) is 0 Å². The van der Waals surface area contributed by atoms with Gasteiger partial charge in [-0.15, -0.1) is 0 Å². The summed E-state index contributed by atoms with van der Waals surface area (Å²) in [6.45, 7) is 0. The molecule has 7 heteroatoms. The number of hydrogen-bond acceptors (Lipinski definition) is 6. The Morgan fingerprint density at radius 1 is 1.28 bits per heavy atom. The summed E-state index contributed by atoms with van der Waals surface area (Å²) in [6, 6.07) is 3.70. The number of rotatable bonds is 5. The van der Waals surface area contributed by atoms with Crippen LogP contribution in [0.3, 0.4) is 0 Å². The van der Waals surface area contributed by atoms with Gasteiger partial charge in [0.05, 0.1) is 29.9 Å². The Morgan fingerprint density at radius 3 is 3.12 bits per heavy atom. The van der Waals surface area contributed by atoms with Gasteiger partial charge in [0.15, 0.2) is 11.4 Å². The van der Waals surface area contributed by atoms with Crippen LogP contribution in [0.25, 0.3) is 5.65 Å². The molecule has 0 atom stereocenters. The van der Waals surface area contributed by atoms with Crippen LogP contribution in [0.4, 0.5) is 0 Å². The fraction of sp³-hybridized carbons (Fsp3) is 0.0556. The highest BCUT2D eigenvalue weighted by Gasteiger charge is 2.16. The number of carbonyl (C=O) groups is 1. The third-order valence-corrected chi connectivity index (χ3v) is 3.36. The molecule has 0 unspecified atom stereocenters. The Labute approximate surface area is 148 Å². The zero-order chi connectivity index (χ0) is 20.5. The lowest BCUT2D eigenvalue weighted by atomic mass is 10.1. The number of nitrogens with zero attached hydrogens (tertiary/aromatic N) is 5. The van der Waals surface area contributed by atoms with E-state index in [1.54, 1.807) is 24.5 Å². The molecular formula is C18H13N5O2. The summed E-state index contributed by atoms with van der Waals surface area (Å²) in [4.78, 5) is 24.8. The van der Waals surface area contributed by atoms with Gasteiger partial charge in [-0.25, -0.2) is 9.50 Å². The maximum absolute atomic E-state index is 12.9. The number of carbonyl (C=O) groups excluding carboxylic acids is 1. The third kappa shape index (κ3) is 3.20. The van der Waals surface area contributed by atoms with E-state index in [0.29, 0.717) is 17.1 Å². The van der Waals surface area contributed by atoms with Crippen LogP contribution in [0, 0.1) is 0 Å². The summed E-state index contributed by atoms with van der Waals surface area (Å²) in [6.07, 6.45) is 5.23. The number of Topliss-reactive ketones (excluding diaryl/α,β-unsaturated/α-hetero) is 1. The van der Waals surface area contributed by atoms with Crippen LogP contribution < -0.4 is 4.74 Å². The molecule has 0 saturated carbocycles. The highest BCUT2D eigenvalue weighted by Crippen LogP contribution is 2.24. The molecule has 0 aliphatic heterocycles. The Balaban J connectivity index is 1.71. The van der Waals surface area contributed by atoms with Crippen LogP contribution in [0.1, 0.15) is 21.5 Å². The molecular weight excluding hydrogens is 318 g/mol. The van der Waals surface area contributed by atoms with Gasteiger partial charge in [-0.2, -0.15) is 5.10 Å². The molecule has 0 saturated heterocycles. The molecule has 0 N–H and O–H groups in total. The van der Waals surface area contributed by atoms with Crippen LogP contribution in [-0.4, -0.2) is 30.3 Å². The largest absolute Gasteiger partial charge is 0.454 e. The number of aromatic nitrogens is 5. The molecule has 0 fully saturated rings. The van der Waals surface area contributed by atoms with E-state index in [1.165, 1.54) is 23.1 Å². The first kappa shape index (κ1) is 11.0. The molecule has 0 spiro atoms. The second-order valence-corrected chi connectivity index (χ2v) is 5.05. The first-order valence-electron chi connectivity index (χ1n) is 9.31. The fourth-order valence-electron chi connectivity index (χ4n) is 2.29. The molecule has 4 aromatic rings. The smallest absolute Gasteiger partial charge is 0.172 e. The van der Waals surface area contributed by atoms with Gasteiger partial charge in [0.2, 0.25) is 0 Å². The normalized spacial score (nSPS) is 13.0. The van der Waals surface area contributed by atoms with Crippen molar-refractivity contribution in [3.05, 3.63) is 78.7 Å². The average Bonchev–Trinajstić information content (AvgIpc) is 3.19. The second kappa shape index (κ2) is 6.48. The molecule has 0 aliphatic rings. The summed E-state index contributed by atoms with van der Waals surface area (Å²) in [7, 11) is 0. The van der Waals surface area contributed by atoms with Crippen LogP contribution in [0.2, 0.25) is 0 Å². The number of hydrogen-bond donors (Lipinski definition) is 0. The first-order chi connectivity index (χ1) is 13.9. The molecule has 0 bridgehead atoms. The van der Waals surface area contributed by atoms with Crippen LogP contribution >= 0.6 is 0 Å². The van der Waals surface area contributed by atoms with Crippen molar-refractivity contribution < 1.29 is 15.0 Å². The highest BCUT2D eigenvalue weighted by atomic mass is 16.5. The predicted octanol–water partition coefficient (Wildman–Crippen LogP) is 2.74. The molecule has 25 heavy (non-hydrogen) atoms. The van der Waals surface area contributed by atoms with Crippen molar-refractivity contribution >= 4 is 11.4 Å². The topological polar surface area (TPSA) is 82.3 Å². The fourth-order valence-corrected chi connectivity index (χ4v) is 2.29. The minimum absolute atomic E-state index is 0.0442. The predicted molar refractivity (Wildman–Crippen MR) is 89.6 cm³/mol. The van der Waals surface area contributed by atoms with Gasteiger partial charge in [0.25, 0.3) is 0 Å². The quantitative estimate of drug-likeness (QED) is 0.522. The molecule has 0 aromatic carbocycles. The molecule has 4 heterocycles. The standard InChI is InChI=1S/C18H13N5O2/c24-17(8-13-4-1-2-7-20-13)16-9-15(11-23-18(16)21-12-22-23)25-14-5-3-6-19-10-14/h1-7,9-12H,8H2/i1D,2D,4D,7D. The van der Waals surface area contributed by atoms with E-state index in [0.717, 1.165) is 0 Å². The minimum Gasteiger partial charge on any atom is -0.454 e. The van der Waals surface area contributed by atoms with Crippen molar-refractivity contribution in [2.45, 2.75) is 6.42 Å². The molecule has 4 rings (SSSR count). The highest BCUT2D eigenvalue weighted by molar-refractivity contribution is 6.02. The van der Waals surface area contributed by atoms with Gasteiger partial charge in [0.1, 0.15) is 17.8 Å². The summed E-state index contributed by atoms with van der Waals surface area (Å²) in [5.41, 5.74) is 0.449. The summed E-state index contributed by atoms with van der Waals surface area (Å²) < 4.78 is 38.0. The maximum Gasteiger partial charge on any atom is 0.172 e. The van der Waals surface area contributed by atoms with E-state index < -0.39 is 24.0 Å². The van der Waals surface area contributed by atoms with E-state index in [2.05, 4.69) is 20.1 Å². The lowest BCUT2D eigenvalue weighted by Crippen LogP contribution is -2.08. The van der Waals surface area contributed by atoms with E-state index >= 15 is 0 Å².